The van der Waals surface area contributed by atoms with Crippen LogP contribution in [0.15, 0.2) is 61.1 Å². The number of fused-ring (bicyclic) bond motifs is 2. The number of ether oxygens (including phenoxy) is 1. The van der Waals surface area contributed by atoms with Crippen molar-refractivity contribution >= 4 is 16.6 Å². The Kier molecular flexibility index (Phi) is 2.35. The number of rotatable bonds is 2. The number of benzene rings is 1. The van der Waals surface area contributed by atoms with E-state index in [4.69, 9.17) is 4.74 Å². The molecule has 3 aromatic heterocycles. The molecule has 0 bridgehead atoms. The first-order chi connectivity index (χ1) is 9.92. The summed E-state index contributed by atoms with van der Waals surface area (Å²) in [7, 11) is 0. The van der Waals surface area contributed by atoms with Crippen molar-refractivity contribution in [2.45, 2.75) is 0 Å². The number of hydrogen-bond donors (Lipinski definition) is 0. The van der Waals surface area contributed by atoms with Gasteiger partial charge in [-0.1, -0.05) is 18.2 Å². The highest BCUT2D eigenvalue weighted by Gasteiger charge is 2.07. The molecule has 4 rings (SSSR count). The molecule has 0 aliphatic carbocycles. The molecule has 5 nitrogen and oxygen atoms in total. The van der Waals surface area contributed by atoms with Crippen LogP contribution in [0.1, 0.15) is 0 Å². The molecule has 5 heteroatoms. The molecule has 96 valence electrons. The van der Waals surface area contributed by atoms with E-state index in [1.807, 2.05) is 36.4 Å². The van der Waals surface area contributed by atoms with Crippen LogP contribution in [0.4, 0.5) is 0 Å². The van der Waals surface area contributed by atoms with Crippen LogP contribution in [-0.4, -0.2) is 19.6 Å². The predicted molar refractivity (Wildman–Crippen MR) is 74.8 cm³/mol. The van der Waals surface area contributed by atoms with Gasteiger partial charge < -0.3 is 4.74 Å². The number of nitrogens with zero attached hydrogens (tertiary/aromatic N) is 4. The Morgan fingerprint density at radius 2 is 1.80 bits per heavy atom. The lowest BCUT2D eigenvalue weighted by atomic mass is 10.2. The van der Waals surface area contributed by atoms with E-state index >= 15 is 0 Å². The average molecular weight is 262 g/mol. The van der Waals surface area contributed by atoms with E-state index in [1.54, 1.807) is 29.2 Å². The molecule has 0 aliphatic rings. The highest BCUT2D eigenvalue weighted by atomic mass is 16.5. The van der Waals surface area contributed by atoms with Gasteiger partial charge >= 0.3 is 0 Å². The molecule has 0 atom stereocenters. The molecule has 3 heterocycles. The lowest BCUT2D eigenvalue weighted by Gasteiger charge is -2.08. The van der Waals surface area contributed by atoms with Gasteiger partial charge in [0.25, 0.3) is 0 Å². The fraction of sp³-hybridized carbons (Fsp3) is 0. The summed E-state index contributed by atoms with van der Waals surface area (Å²) < 4.78 is 7.62. The summed E-state index contributed by atoms with van der Waals surface area (Å²) in [4.78, 5) is 8.59. The summed E-state index contributed by atoms with van der Waals surface area (Å²) in [5, 5.41) is 5.24. The fourth-order valence-corrected chi connectivity index (χ4v) is 2.16. The van der Waals surface area contributed by atoms with E-state index in [-0.39, 0.29) is 0 Å². The molecular weight excluding hydrogens is 252 g/mol. The predicted octanol–water partition coefficient (Wildman–Crippen LogP) is 3.07. The van der Waals surface area contributed by atoms with Gasteiger partial charge in [0.15, 0.2) is 11.4 Å². The number of hydrogen-bond acceptors (Lipinski definition) is 4. The summed E-state index contributed by atoms with van der Waals surface area (Å²) in [6, 6.07) is 13.4. The van der Waals surface area contributed by atoms with Gasteiger partial charge in [-0.3, -0.25) is 4.98 Å². The van der Waals surface area contributed by atoms with Gasteiger partial charge in [0, 0.05) is 29.9 Å². The van der Waals surface area contributed by atoms with E-state index in [0.29, 0.717) is 11.6 Å². The standard InChI is InChI=1S/C15H10N4O/c1-3-11-4-2-8-17-15(11)12(5-1)20-14-7-9-16-13-6-10-18-19(13)14/h1-10H. The number of pyridine rings is 1. The van der Waals surface area contributed by atoms with Crippen molar-refractivity contribution in [3.05, 3.63) is 61.1 Å². The quantitative estimate of drug-likeness (QED) is 0.557. The molecule has 0 saturated carbocycles. The Morgan fingerprint density at radius 1 is 0.850 bits per heavy atom. The minimum atomic E-state index is 0.609. The summed E-state index contributed by atoms with van der Waals surface area (Å²) in [6.07, 6.45) is 5.15. The molecule has 1 aromatic carbocycles. The van der Waals surface area contributed by atoms with Crippen LogP contribution in [0.25, 0.3) is 16.6 Å². The zero-order valence-electron chi connectivity index (χ0n) is 10.5. The van der Waals surface area contributed by atoms with Crippen LogP contribution in [0.3, 0.4) is 0 Å². The molecule has 4 aromatic rings. The van der Waals surface area contributed by atoms with E-state index in [2.05, 4.69) is 15.1 Å². The molecule has 0 N–H and O–H groups in total. The molecule has 0 saturated heterocycles. The molecule has 0 fully saturated rings. The smallest absolute Gasteiger partial charge is 0.224 e. The minimum absolute atomic E-state index is 0.609. The van der Waals surface area contributed by atoms with Gasteiger partial charge in [-0.25, -0.2) is 4.98 Å². The maximum atomic E-state index is 5.96. The van der Waals surface area contributed by atoms with Gasteiger partial charge in [0.05, 0.1) is 6.20 Å². The van der Waals surface area contributed by atoms with Crippen molar-refractivity contribution in [1.82, 2.24) is 19.6 Å². The second-order valence-corrected chi connectivity index (χ2v) is 4.32. The Morgan fingerprint density at radius 3 is 2.80 bits per heavy atom. The van der Waals surface area contributed by atoms with Crippen molar-refractivity contribution in [3.8, 4) is 11.6 Å². The summed E-state index contributed by atoms with van der Waals surface area (Å²) in [5.74, 6) is 1.31. The van der Waals surface area contributed by atoms with E-state index < -0.39 is 0 Å². The van der Waals surface area contributed by atoms with E-state index in [0.717, 1.165) is 16.6 Å². The molecular formula is C15H10N4O. The zero-order chi connectivity index (χ0) is 13.4. The fourth-order valence-electron chi connectivity index (χ4n) is 2.16. The molecule has 0 radical (unpaired) electrons. The van der Waals surface area contributed by atoms with Gasteiger partial charge in [-0.05, 0) is 12.1 Å². The normalized spacial score (nSPS) is 11.0. The van der Waals surface area contributed by atoms with E-state index in [1.165, 1.54) is 0 Å². The van der Waals surface area contributed by atoms with Crippen LogP contribution in [0.2, 0.25) is 0 Å². The van der Waals surface area contributed by atoms with Crippen LogP contribution in [0.5, 0.6) is 11.6 Å². The third-order valence-electron chi connectivity index (χ3n) is 3.07. The third-order valence-corrected chi connectivity index (χ3v) is 3.07. The van der Waals surface area contributed by atoms with Gasteiger partial charge in [0.1, 0.15) is 5.52 Å². The summed E-state index contributed by atoms with van der Waals surface area (Å²) >= 11 is 0. The maximum Gasteiger partial charge on any atom is 0.224 e. The SMILES string of the molecule is c1cnc2c(Oc3ccnc4ccnn34)cccc2c1. The highest BCUT2D eigenvalue weighted by molar-refractivity contribution is 5.84. The first kappa shape index (κ1) is 10.9. The number of para-hydroxylation sites is 1. The van der Waals surface area contributed by atoms with Crippen molar-refractivity contribution in [2.75, 3.05) is 0 Å². The first-order valence-corrected chi connectivity index (χ1v) is 6.22. The Bertz CT molecular complexity index is 895. The molecule has 0 spiro atoms. The summed E-state index contributed by atoms with van der Waals surface area (Å²) in [6.45, 7) is 0. The first-order valence-electron chi connectivity index (χ1n) is 6.22. The van der Waals surface area contributed by atoms with E-state index in [9.17, 15) is 0 Å². The maximum absolute atomic E-state index is 5.96. The average Bonchev–Trinajstić information content (AvgIpc) is 2.97. The number of aromatic nitrogens is 4. The van der Waals surface area contributed by atoms with Gasteiger partial charge in [-0.15, -0.1) is 0 Å². The highest BCUT2D eigenvalue weighted by Crippen LogP contribution is 2.27. The van der Waals surface area contributed by atoms with Gasteiger partial charge in [-0.2, -0.15) is 9.61 Å². The molecule has 0 aliphatic heterocycles. The summed E-state index contributed by atoms with van der Waals surface area (Å²) in [5.41, 5.74) is 1.57. The zero-order valence-corrected chi connectivity index (χ0v) is 10.5. The molecule has 0 amide bonds. The topological polar surface area (TPSA) is 52.3 Å². The second-order valence-electron chi connectivity index (χ2n) is 4.32. The second kappa shape index (κ2) is 4.31. The van der Waals surface area contributed by atoms with Crippen molar-refractivity contribution in [2.24, 2.45) is 0 Å². The Labute approximate surface area is 114 Å². The Balaban J connectivity index is 1.87. The van der Waals surface area contributed by atoms with Crippen molar-refractivity contribution < 1.29 is 4.74 Å². The van der Waals surface area contributed by atoms with Crippen molar-refractivity contribution in [1.29, 1.82) is 0 Å². The van der Waals surface area contributed by atoms with Crippen LogP contribution in [0, 0.1) is 0 Å². The van der Waals surface area contributed by atoms with Crippen LogP contribution in [-0.2, 0) is 0 Å². The lowest BCUT2D eigenvalue weighted by molar-refractivity contribution is 0.450. The van der Waals surface area contributed by atoms with Crippen molar-refractivity contribution in [3.63, 3.8) is 0 Å². The molecule has 20 heavy (non-hydrogen) atoms. The third kappa shape index (κ3) is 1.68. The monoisotopic (exact) mass is 262 g/mol. The van der Waals surface area contributed by atoms with Gasteiger partial charge in [0.2, 0.25) is 5.88 Å². The Hall–Kier alpha value is -2.95. The van der Waals surface area contributed by atoms with Crippen LogP contribution < -0.4 is 4.74 Å². The minimum Gasteiger partial charge on any atom is -0.437 e. The van der Waals surface area contributed by atoms with Crippen LogP contribution >= 0.6 is 0 Å². The largest absolute Gasteiger partial charge is 0.437 e. The lowest BCUT2D eigenvalue weighted by Crippen LogP contribution is -1.97. The molecule has 0 unspecified atom stereocenters.